The second-order valence-corrected chi connectivity index (χ2v) is 2.05. The Labute approximate surface area is 64.7 Å². The van der Waals surface area contributed by atoms with Gasteiger partial charge in [-0.25, -0.2) is 5.53 Å². The van der Waals surface area contributed by atoms with Gasteiger partial charge >= 0.3 is 6.41 Å². The molecule has 0 saturated heterocycles. The Bertz CT molecular complexity index is 189. The number of amides is 1. The van der Waals surface area contributed by atoms with Crippen molar-refractivity contribution in [3.8, 4) is 0 Å². The van der Waals surface area contributed by atoms with Crippen LogP contribution in [0.5, 0.6) is 0 Å². The van der Waals surface area contributed by atoms with Gasteiger partial charge in [0.1, 0.15) is 6.17 Å². The first kappa shape index (κ1) is 7.59. The van der Waals surface area contributed by atoms with Gasteiger partial charge in [0.25, 0.3) is 0 Å². The van der Waals surface area contributed by atoms with Crippen molar-refractivity contribution in [3.05, 3.63) is 12.3 Å². The Morgan fingerprint density at radius 3 is 3.18 bits per heavy atom. The third-order valence-electron chi connectivity index (χ3n) is 1.27. The molecule has 1 heterocycles. The molecule has 0 aromatic carbocycles. The lowest BCUT2D eigenvalue weighted by molar-refractivity contribution is 0.196. The Hall–Kier alpha value is -1.52. The summed E-state index contributed by atoms with van der Waals surface area (Å²) < 4.78 is 0. The van der Waals surface area contributed by atoms with Gasteiger partial charge in [-0.2, -0.15) is 5.10 Å². The topological polar surface area (TPSA) is 56.7 Å². The minimum absolute atomic E-state index is 0.152. The summed E-state index contributed by atoms with van der Waals surface area (Å²) in [6.45, 7) is 1.81. The van der Waals surface area contributed by atoms with E-state index in [1.54, 1.807) is 29.9 Å². The predicted molar refractivity (Wildman–Crippen MR) is 40.9 cm³/mol. The molecule has 1 aliphatic rings. The molecule has 1 amide bonds. The minimum atomic E-state index is -0.152. The molecule has 2 N–H and O–H groups in total. The molecule has 0 saturated carbocycles. The summed E-state index contributed by atoms with van der Waals surface area (Å²) in [6, 6.07) is 0. The fourth-order valence-corrected chi connectivity index (χ4v) is 0.678. The molecular weight excluding hydrogens is 144 g/mol. The smallest absolute Gasteiger partial charge is 0.311 e. The van der Waals surface area contributed by atoms with Crippen LogP contribution in [0.2, 0.25) is 0 Å². The lowest BCUT2D eigenvalue weighted by Crippen LogP contribution is -2.46. The summed E-state index contributed by atoms with van der Waals surface area (Å²) >= 11 is 0. The lowest BCUT2D eigenvalue weighted by atomic mass is 10.5. The van der Waals surface area contributed by atoms with E-state index in [1.807, 2.05) is 6.92 Å². The molecule has 0 aliphatic carbocycles. The van der Waals surface area contributed by atoms with Gasteiger partial charge < -0.3 is 5.32 Å². The van der Waals surface area contributed by atoms with Crippen molar-refractivity contribution in [2.75, 3.05) is 0 Å². The van der Waals surface area contributed by atoms with E-state index in [0.29, 0.717) is 0 Å². The van der Waals surface area contributed by atoms with Gasteiger partial charge in [0.15, 0.2) is 0 Å². The molecule has 0 aromatic rings. The SMILES string of the molecule is CC(N[C]=O)N1C=CC=NN1. The molecule has 59 valence electrons. The average molecular weight is 153 g/mol. The third-order valence-corrected chi connectivity index (χ3v) is 1.27. The number of rotatable bonds is 3. The number of hydrogen-bond donors (Lipinski definition) is 2. The van der Waals surface area contributed by atoms with E-state index in [-0.39, 0.29) is 6.17 Å². The number of hydrazine groups is 1. The maximum absolute atomic E-state index is 9.90. The summed E-state index contributed by atoms with van der Waals surface area (Å²) in [5.74, 6) is 0. The van der Waals surface area contributed by atoms with Crippen molar-refractivity contribution in [2.45, 2.75) is 13.1 Å². The standard InChI is InChI=1S/C6H9N4O/c1-6(7-5-11)10-4-2-3-8-9-10/h2-4,6,9H,1H3,(H,7,11). The van der Waals surface area contributed by atoms with Crippen LogP contribution in [-0.4, -0.2) is 23.8 Å². The molecule has 1 radical (unpaired) electrons. The summed E-state index contributed by atoms with van der Waals surface area (Å²) in [7, 11) is 0. The van der Waals surface area contributed by atoms with E-state index in [2.05, 4.69) is 16.0 Å². The average Bonchev–Trinajstić information content (AvgIpc) is 2.07. The number of nitrogens with one attached hydrogen (secondary N) is 2. The third kappa shape index (κ3) is 1.96. The van der Waals surface area contributed by atoms with Crippen LogP contribution in [0.15, 0.2) is 17.4 Å². The quantitative estimate of drug-likeness (QED) is 0.527. The zero-order valence-corrected chi connectivity index (χ0v) is 6.11. The summed E-state index contributed by atoms with van der Waals surface area (Å²) in [6.07, 6.45) is 6.59. The molecule has 1 aliphatic heterocycles. The van der Waals surface area contributed by atoms with Gasteiger partial charge in [0.2, 0.25) is 0 Å². The number of allylic oxidation sites excluding steroid dienone is 1. The monoisotopic (exact) mass is 153 g/mol. The van der Waals surface area contributed by atoms with E-state index < -0.39 is 0 Å². The van der Waals surface area contributed by atoms with Crippen LogP contribution in [0.4, 0.5) is 0 Å². The molecule has 11 heavy (non-hydrogen) atoms. The highest BCUT2D eigenvalue weighted by atomic mass is 16.1. The van der Waals surface area contributed by atoms with Crippen LogP contribution in [0, 0.1) is 0 Å². The molecule has 1 atom stereocenters. The van der Waals surface area contributed by atoms with Crippen molar-refractivity contribution in [3.63, 3.8) is 0 Å². The molecular formula is C6H9N4O. The van der Waals surface area contributed by atoms with Gasteiger partial charge in [-0.15, -0.1) is 0 Å². The Kier molecular flexibility index (Phi) is 2.48. The summed E-state index contributed by atoms with van der Waals surface area (Å²) in [4.78, 5) is 9.90. The Morgan fingerprint density at radius 2 is 2.64 bits per heavy atom. The fourth-order valence-electron chi connectivity index (χ4n) is 0.678. The number of carbonyl (C=O) groups excluding carboxylic acids is 1. The molecule has 5 nitrogen and oxygen atoms in total. The van der Waals surface area contributed by atoms with Crippen molar-refractivity contribution >= 4 is 12.6 Å². The number of nitrogens with zero attached hydrogens (tertiary/aromatic N) is 2. The van der Waals surface area contributed by atoms with E-state index in [1.165, 1.54) is 0 Å². The zero-order chi connectivity index (χ0) is 8.10. The second-order valence-electron chi connectivity index (χ2n) is 2.05. The van der Waals surface area contributed by atoms with Crippen LogP contribution in [0.3, 0.4) is 0 Å². The van der Waals surface area contributed by atoms with Gasteiger partial charge in [0.05, 0.1) is 6.21 Å². The van der Waals surface area contributed by atoms with E-state index in [0.717, 1.165) is 0 Å². The van der Waals surface area contributed by atoms with Gasteiger partial charge in [-0.05, 0) is 13.0 Å². The molecule has 0 bridgehead atoms. The first-order valence-electron chi connectivity index (χ1n) is 3.21. The van der Waals surface area contributed by atoms with Crippen molar-refractivity contribution in [1.82, 2.24) is 15.9 Å². The largest absolute Gasteiger partial charge is 0.326 e. The van der Waals surface area contributed by atoms with Crippen LogP contribution >= 0.6 is 0 Å². The molecule has 0 fully saturated rings. The highest BCUT2D eigenvalue weighted by Crippen LogP contribution is 1.93. The van der Waals surface area contributed by atoms with Crippen molar-refractivity contribution < 1.29 is 4.79 Å². The summed E-state index contributed by atoms with van der Waals surface area (Å²) in [5, 5.41) is 7.85. The normalized spacial score (nSPS) is 17.4. The van der Waals surface area contributed by atoms with Gasteiger partial charge in [-0.3, -0.25) is 9.80 Å². The van der Waals surface area contributed by atoms with E-state index in [4.69, 9.17) is 0 Å². The van der Waals surface area contributed by atoms with Crippen LogP contribution in [0.25, 0.3) is 0 Å². The molecule has 0 aromatic heterocycles. The molecule has 1 rings (SSSR count). The van der Waals surface area contributed by atoms with Crippen molar-refractivity contribution in [1.29, 1.82) is 0 Å². The Balaban J connectivity index is 2.41. The van der Waals surface area contributed by atoms with Crippen LogP contribution < -0.4 is 10.9 Å². The first-order chi connectivity index (χ1) is 5.34. The molecule has 5 heteroatoms. The highest BCUT2D eigenvalue weighted by Gasteiger charge is 2.07. The minimum Gasteiger partial charge on any atom is -0.326 e. The predicted octanol–water partition coefficient (Wildman–Crippen LogP) is -0.691. The zero-order valence-electron chi connectivity index (χ0n) is 6.11. The van der Waals surface area contributed by atoms with Gasteiger partial charge in [0, 0.05) is 6.20 Å². The summed E-state index contributed by atoms with van der Waals surface area (Å²) in [5.41, 5.74) is 2.68. The van der Waals surface area contributed by atoms with Crippen LogP contribution in [-0.2, 0) is 4.79 Å². The van der Waals surface area contributed by atoms with E-state index >= 15 is 0 Å². The highest BCUT2D eigenvalue weighted by molar-refractivity contribution is 5.71. The first-order valence-corrected chi connectivity index (χ1v) is 3.21. The van der Waals surface area contributed by atoms with Crippen molar-refractivity contribution in [2.24, 2.45) is 5.10 Å². The fraction of sp³-hybridized carbons (Fsp3) is 0.333. The molecule has 1 unspecified atom stereocenters. The molecule has 0 spiro atoms. The van der Waals surface area contributed by atoms with Gasteiger partial charge in [-0.1, -0.05) is 0 Å². The van der Waals surface area contributed by atoms with E-state index in [9.17, 15) is 4.79 Å². The van der Waals surface area contributed by atoms with Crippen LogP contribution in [0.1, 0.15) is 6.92 Å². The maximum atomic E-state index is 9.90. The second kappa shape index (κ2) is 3.60. The lowest BCUT2D eigenvalue weighted by Gasteiger charge is -2.26. The number of hydrazone groups is 1. The number of hydrogen-bond acceptors (Lipinski definition) is 4. The maximum Gasteiger partial charge on any atom is 0.311 e. The Morgan fingerprint density at radius 1 is 1.82 bits per heavy atom.